The Morgan fingerprint density at radius 3 is 2.62 bits per heavy atom. The molecule has 3 N–H and O–H groups in total. The molecular formula is C25H41IN5O6-. The van der Waals surface area contributed by atoms with Crippen LogP contribution in [0.25, 0.3) is 0 Å². The Balaban J connectivity index is 2.07. The Hall–Kier alpha value is -1.87. The van der Waals surface area contributed by atoms with Crippen molar-refractivity contribution in [3.8, 4) is 0 Å². The number of aliphatic hydroxyl groups is 1. The normalized spacial score (nSPS) is 16.9. The molecule has 2 unspecified atom stereocenters. The number of aromatic nitrogens is 1. The summed E-state index contributed by atoms with van der Waals surface area (Å²) in [4.78, 5) is 45.3. The average Bonchev–Trinajstić information content (AvgIpc) is 3.22. The molecule has 1 aliphatic heterocycles. The summed E-state index contributed by atoms with van der Waals surface area (Å²) < 4.78 is 7.36. The quantitative estimate of drug-likeness (QED) is 0.123. The van der Waals surface area contributed by atoms with Crippen LogP contribution in [0.1, 0.15) is 57.3 Å². The SMILES string of the molecule is CCCC(C(=O)O)N(CCNC)Cc1cccc(CN2[I-]OC(=O)C2CCC(=O)N(CCC)CCO)n1. The molecular weight excluding hydrogens is 593 g/mol. The molecule has 0 bridgehead atoms. The van der Waals surface area contributed by atoms with Crippen molar-refractivity contribution in [2.75, 3.05) is 39.8 Å². The molecule has 2 atom stereocenters. The van der Waals surface area contributed by atoms with Crippen molar-refractivity contribution < 1.29 is 49.6 Å². The third kappa shape index (κ3) is 10.1. The van der Waals surface area contributed by atoms with Crippen LogP contribution < -0.4 is 27.2 Å². The number of aliphatic carboxylic acids is 1. The molecule has 0 radical (unpaired) electrons. The van der Waals surface area contributed by atoms with Gasteiger partial charge in [-0.15, -0.1) is 0 Å². The molecule has 1 aromatic heterocycles. The van der Waals surface area contributed by atoms with E-state index in [1.807, 2.05) is 47.1 Å². The van der Waals surface area contributed by atoms with Crippen LogP contribution in [0.5, 0.6) is 0 Å². The molecule has 1 fully saturated rings. The van der Waals surface area contributed by atoms with E-state index in [0.29, 0.717) is 52.1 Å². The van der Waals surface area contributed by atoms with Crippen LogP contribution in [0.15, 0.2) is 18.2 Å². The molecule has 2 heterocycles. The number of amides is 1. The van der Waals surface area contributed by atoms with Crippen LogP contribution in [0.4, 0.5) is 0 Å². The summed E-state index contributed by atoms with van der Waals surface area (Å²) in [6.45, 7) is 6.82. The maximum absolute atomic E-state index is 12.6. The van der Waals surface area contributed by atoms with Crippen LogP contribution in [0.3, 0.4) is 0 Å². The Morgan fingerprint density at radius 1 is 1.22 bits per heavy atom. The molecule has 0 spiro atoms. The zero-order valence-corrected chi connectivity index (χ0v) is 24.2. The molecule has 12 heteroatoms. The number of carbonyl (C=O) groups excluding carboxylic acids is 2. The minimum atomic E-state index is -0.970. The van der Waals surface area contributed by atoms with E-state index in [0.717, 1.165) is 24.2 Å². The summed E-state index contributed by atoms with van der Waals surface area (Å²) in [5, 5.41) is 22.1. The van der Waals surface area contributed by atoms with Crippen molar-refractivity contribution in [1.29, 1.82) is 0 Å². The van der Waals surface area contributed by atoms with E-state index in [1.165, 1.54) is 0 Å². The predicted octanol–water partition coefficient (Wildman–Crippen LogP) is -1.99. The first kappa shape index (κ1) is 31.3. The first-order valence-corrected chi connectivity index (χ1v) is 14.8. The number of halogens is 1. The molecule has 1 aliphatic rings. The van der Waals surface area contributed by atoms with Gasteiger partial charge in [0, 0.05) is 0 Å². The van der Waals surface area contributed by atoms with Gasteiger partial charge in [0.25, 0.3) is 0 Å². The van der Waals surface area contributed by atoms with E-state index >= 15 is 0 Å². The van der Waals surface area contributed by atoms with Gasteiger partial charge in [-0.1, -0.05) is 0 Å². The number of hydrogen-bond acceptors (Lipinski definition) is 9. The third-order valence-electron chi connectivity index (χ3n) is 6.14. The number of aliphatic hydroxyl groups excluding tert-OH is 1. The van der Waals surface area contributed by atoms with Gasteiger partial charge in [-0.3, -0.25) is 0 Å². The number of nitrogens with one attached hydrogen (secondary N) is 1. The number of carboxylic acids is 1. The fourth-order valence-electron chi connectivity index (χ4n) is 4.26. The van der Waals surface area contributed by atoms with Crippen LogP contribution in [-0.4, -0.2) is 97.9 Å². The molecule has 0 aromatic carbocycles. The molecule has 210 valence electrons. The Labute approximate surface area is 230 Å². The topological polar surface area (TPSA) is 136 Å². The first-order chi connectivity index (χ1) is 17.8. The molecule has 1 aromatic rings. The Bertz CT molecular complexity index is 870. The first-order valence-electron chi connectivity index (χ1n) is 12.9. The van der Waals surface area contributed by atoms with Gasteiger partial charge in [0.05, 0.1) is 0 Å². The van der Waals surface area contributed by atoms with E-state index < -0.39 is 39.9 Å². The summed E-state index contributed by atoms with van der Waals surface area (Å²) in [7, 11) is 1.84. The number of pyridine rings is 1. The van der Waals surface area contributed by atoms with Gasteiger partial charge >= 0.3 is 231 Å². The maximum atomic E-state index is 12.6. The van der Waals surface area contributed by atoms with Gasteiger partial charge in [0.1, 0.15) is 0 Å². The van der Waals surface area contributed by atoms with Crippen LogP contribution in [-0.2, 0) is 30.5 Å². The van der Waals surface area contributed by atoms with Crippen molar-refractivity contribution >= 4 is 17.8 Å². The Morgan fingerprint density at radius 2 is 1.97 bits per heavy atom. The molecule has 37 heavy (non-hydrogen) atoms. The third-order valence-corrected chi connectivity index (χ3v) is 8.29. The van der Waals surface area contributed by atoms with Crippen LogP contribution in [0, 0.1) is 0 Å². The van der Waals surface area contributed by atoms with E-state index in [4.69, 9.17) is 8.05 Å². The van der Waals surface area contributed by atoms with Crippen molar-refractivity contribution in [2.24, 2.45) is 0 Å². The van der Waals surface area contributed by atoms with Gasteiger partial charge in [-0.05, 0) is 0 Å². The molecule has 1 amide bonds. The molecule has 0 saturated carbocycles. The van der Waals surface area contributed by atoms with Gasteiger partial charge in [0.2, 0.25) is 0 Å². The van der Waals surface area contributed by atoms with E-state index in [2.05, 4.69) is 5.32 Å². The predicted molar refractivity (Wildman–Crippen MR) is 134 cm³/mol. The van der Waals surface area contributed by atoms with Crippen LogP contribution in [0.2, 0.25) is 0 Å². The molecule has 11 nitrogen and oxygen atoms in total. The summed E-state index contributed by atoms with van der Waals surface area (Å²) >= 11 is -0.970. The van der Waals surface area contributed by atoms with Crippen molar-refractivity contribution in [3.63, 3.8) is 0 Å². The molecule has 0 aliphatic carbocycles. The van der Waals surface area contributed by atoms with Crippen LogP contribution >= 0.6 is 0 Å². The zero-order chi connectivity index (χ0) is 27.2. The second-order valence-corrected chi connectivity index (χ2v) is 11.1. The number of carboxylic acid groups (broad SMARTS) is 1. The minimum absolute atomic E-state index is 0.0735. The van der Waals surface area contributed by atoms with E-state index in [9.17, 15) is 24.6 Å². The van der Waals surface area contributed by atoms with Crippen molar-refractivity contribution in [3.05, 3.63) is 29.6 Å². The average molecular weight is 635 g/mol. The fourth-order valence-corrected chi connectivity index (χ4v) is 6.27. The number of likely N-dealkylation sites (N-methyl/N-ethyl adjacent to an activating group) is 1. The molecule has 2 rings (SSSR count). The summed E-state index contributed by atoms with van der Waals surface area (Å²) in [6, 6.07) is 4.60. The monoisotopic (exact) mass is 634 g/mol. The Kier molecular flexibility index (Phi) is 14.3. The summed E-state index contributed by atoms with van der Waals surface area (Å²) in [5.41, 5.74) is 1.54. The van der Waals surface area contributed by atoms with E-state index in [1.54, 1.807) is 4.90 Å². The van der Waals surface area contributed by atoms with E-state index in [-0.39, 0.29) is 24.9 Å². The number of rotatable bonds is 18. The summed E-state index contributed by atoms with van der Waals surface area (Å²) in [6.07, 6.45) is 2.70. The fraction of sp³-hybridized carbons (Fsp3) is 0.680. The van der Waals surface area contributed by atoms with Gasteiger partial charge in [-0.25, -0.2) is 0 Å². The standard InChI is InChI=1S/C25H41IN5O6/c1-4-7-21(24(34)35)30(14-12-27-3)17-19-8-6-9-20(28-19)18-31-22(25(36)37-26-31)10-11-23(33)29(13-5-2)15-16-32/h6,8-9,21-22,27,32H,4-5,7,10-18H2,1-3H3,(H,34,35)/q-1. The second-order valence-electron chi connectivity index (χ2n) is 9.02. The van der Waals surface area contributed by atoms with Gasteiger partial charge < -0.3 is 0 Å². The molecule has 1 saturated heterocycles. The van der Waals surface area contributed by atoms with Crippen molar-refractivity contribution in [1.82, 2.24) is 23.2 Å². The number of hydrogen-bond donors (Lipinski definition) is 3. The zero-order valence-electron chi connectivity index (χ0n) is 22.1. The summed E-state index contributed by atoms with van der Waals surface area (Å²) in [5.74, 6) is -1.21. The van der Waals surface area contributed by atoms with Gasteiger partial charge in [-0.2, -0.15) is 0 Å². The van der Waals surface area contributed by atoms with Crippen molar-refractivity contribution in [2.45, 2.75) is 71.1 Å². The van der Waals surface area contributed by atoms with Gasteiger partial charge in [0.15, 0.2) is 0 Å². The number of carbonyl (C=O) groups is 3. The second kappa shape index (κ2) is 16.9. The number of nitrogens with zero attached hydrogens (tertiary/aromatic N) is 4.